The van der Waals surface area contributed by atoms with Gasteiger partial charge in [-0.2, -0.15) is 0 Å². The molecular weight excluding hydrogens is 372 g/mol. The molecule has 2 aromatic carbocycles. The lowest BCUT2D eigenvalue weighted by Crippen LogP contribution is -2.47. The van der Waals surface area contributed by atoms with Crippen LogP contribution < -0.4 is 15.5 Å². The Morgan fingerprint density at radius 2 is 1.70 bits per heavy atom. The van der Waals surface area contributed by atoms with E-state index in [0.29, 0.717) is 0 Å². The van der Waals surface area contributed by atoms with Crippen LogP contribution >= 0.6 is 0 Å². The molecule has 1 aliphatic carbocycles. The minimum absolute atomic E-state index is 0.0218. The molecule has 0 spiro atoms. The Hall–Kier alpha value is -2.53. The van der Waals surface area contributed by atoms with E-state index >= 15 is 0 Å². The predicted molar refractivity (Wildman–Crippen MR) is 125 cm³/mol. The zero-order valence-electron chi connectivity index (χ0n) is 18.4. The zero-order valence-corrected chi connectivity index (χ0v) is 18.4. The van der Waals surface area contributed by atoms with Crippen molar-refractivity contribution >= 4 is 23.0 Å². The summed E-state index contributed by atoms with van der Waals surface area (Å²) in [5.74, 6) is 0.937. The van der Waals surface area contributed by atoms with Crippen LogP contribution in [0.15, 0.2) is 42.5 Å². The van der Waals surface area contributed by atoms with Gasteiger partial charge in [-0.25, -0.2) is 0 Å². The quantitative estimate of drug-likeness (QED) is 0.721. The number of piperazine rings is 1. The van der Waals surface area contributed by atoms with Crippen LogP contribution in [0.4, 0.5) is 17.1 Å². The highest BCUT2D eigenvalue weighted by molar-refractivity contribution is 5.97. The highest BCUT2D eigenvalue weighted by Crippen LogP contribution is 2.30. The van der Waals surface area contributed by atoms with E-state index in [1.54, 1.807) is 0 Å². The third-order valence-corrected chi connectivity index (χ3v) is 6.30. The van der Waals surface area contributed by atoms with Crippen molar-refractivity contribution in [3.05, 3.63) is 53.6 Å². The Bertz CT molecular complexity index is 864. The first-order valence-electron chi connectivity index (χ1n) is 11.2. The maximum absolute atomic E-state index is 12.7. The monoisotopic (exact) mass is 406 g/mol. The highest BCUT2D eigenvalue weighted by atomic mass is 16.2. The molecule has 4 rings (SSSR count). The number of para-hydroxylation sites is 1. The second kappa shape index (κ2) is 9.09. The van der Waals surface area contributed by atoms with Crippen molar-refractivity contribution in [1.82, 2.24) is 4.90 Å². The van der Waals surface area contributed by atoms with Gasteiger partial charge in [0.05, 0.1) is 0 Å². The minimum Gasteiger partial charge on any atom is -0.374 e. The number of nitrogens with zero attached hydrogens (tertiary/aromatic N) is 2. The minimum atomic E-state index is -0.324. The maximum atomic E-state index is 12.7. The van der Waals surface area contributed by atoms with Gasteiger partial charge in [0.25, 0.3) is 0 Å². The van der Waals surface area contributed by atoms with E-state index in [1.165, 1.54) is 25.1 Å². The number of hydrogen-bond acceptors (Lipinski definition) is 4. The summed E-state index contributed by atoms with van der Waals surface area (Å²) in [7, 11) is 0. The summed E-state index contributed by atoms with van der Waals surface area (Å²) < 4.78 is 0. The molecule has 2 aromatic rings. The molecule has 1 aliphatic heterocycles. The number of benzene rings is 2. The molecule has 2 fully saturated rings. The van der Waals surface area contributed by atoms with Gasteiger partial charge in [0.15, 0.2) is 0 Å². The van der Waals surface area contributed by atoms with Gasteiger partial charge in [-0.05, 0) is 68.9 Å². The van der Waals surface area contributed by atoms with Crippen molar-refractivity contribution < 1.29 is 4.79 Å². The Morgan fingerprint density at radius 3 is 2.37 bits per heavy atom. The van der Waals surface area contributed by atoms with Crippen LogP contribution in [0.2, 0.25) is 0 Å². The van der Waals surface area contributed by atoms with Crippen LogP contribution in [0.3, 0.4) is 0 Å². The maximum Gasteiger partial charge on any atom is 0.246 e. The van der Waals surface area contributed by atoms with Crippen LogP contribution in [0.5, 0.6) is 0 Å². The fourth-order valence-corrected chi connectivity index (χ4v) is 4.21. The molecule has 0 aromatic heterocycles. The fourth-order valence-electron chi connectivity index (χ4n) is 4.21. The standard InChI is InChI=1S/C25H34N4O/c1-18-6-4-7-19(2)24(18)27-25(30)20(3)26-22-8-5-9-23(16-22)29-14-12-28(13-15-29)17-21-10-11-21/h4-9,16,20-21,26H,10-15,17H2,1-3H3,(H,27,30). The van der Waals surface area contributed by atoms with E-state index in [-0.39, 0.29) is 11.9 Å². The van der Waals surface area contributed by atoms with E-state index in [0.717, 1.165) is 54.6 Å². The van der Waals surface area contributed by atoms with E-state index in [2.05, 4.69) is 38.6 Å². The van der Waals surface area contributed by atoms with Gasteiger partial charge < -0.3 is 15.5 Å². The summed E-state index contributed by atoms with van der Waals surface area (Å²) in [5.41, 5.74) is 5.29. The van der Waals surface area contributed by atoms with Gasteiger partial charge in [0.1, 0.15) is 6.04 Å². The first kappa shape index (κ1) is 20.7. The third-order valence-electron chi connectivity index (χ3n) is 6.30. The van der Waals surface area contributed by atoms with Crippen LogP contribution in [0.1, 0.15) is 30.9 Å². The topological polar surface area (TPSA) is 47.6 Å². The van der Waals surface area contributed by atoms with Crippen molar-refractivity contribution in [2.75, 3.05) is 48.3 Å². The van der Waals surface area contributed by atoms with Gasteiger partial charge in [-0.3, -0.25) is 9.69 Å². The fraction of sp³-hybridized carbons (Fsp3) is 0.480. The normalized spacial score (nSPS) is 18.2. The summed E-state index contributed by atoms with van der Waals surface area (Å²) >= 11 is 0. The summed E-state index contributed by atoms with van der Waals surface area (Å²) in [6.45, 7) is 11.7. The number of nitrogens with one attached hydrogen (secondary N) is 2. The van der Waals surface area contributed by atoms with Gasteiger partial charge in [-0.1, -0.05) is 24.3 Å². The molecule has 2 N–H and O–H groups in total. The molecule has 1 unspecified atom stereocenters. The molecule has 5 nitrogen and oxygen atoms in total. The van der Waals surface area contributed by atoms with Crippen molar-refractivity contribution in [3.63, 3.8) is 0 Å². The predicted octanol–water partition coefficient (Wildman–Crippen LogP) is 4.27. The van der Waals surface area contributed by atoms with Gasteiger partial charge in [-0.15, -0.1) is 0 Å². The molecule has 1 amide bonds. The number of carbonyl (C=O) groups excluding carboxylic acids is 1. The third kappa shape index (κ3) is 5.14. The van der Waals surface area contributed by atoms with Crippen molar-refractivity contribution in [3.8, 4) is 0 Å². The molecular formula is C25H34N4O. The molecule has 0 bridgehead atoms. The molecule has 0 radical (unpaired) electrons. The van der Waals surface area contributed by atoms with Crippen LogP contribution in [-0.4, -0.2) is 49.6 Å². The summed E-state index contributed by atoms with van der Waals surface area (Å²) in [4.78, 5) is 17.8. The molecule has 5 heteroatoms. The largest absolute Gasteiger partial charge is 0.374 e. The summed E-state index contributed by atoms with van der Waals surface area (Å²) in [6, 6.07) is 14.2. The second-order valence-electron chi connectivity index (χ2n) is 8.90. The van der Waals surface area contributed by atoms with Crippen LogP contribution in [0, 0.1) is 19.8 Å². The number of aryl methyl sites for hydroxylation is 2. The smallest absolute Gasteiger partial charge is 0.246 e. The van der Waals surface area contributed by atoms with Crippen molar-refractivity contribution in [2.24, 2.45) is 5.92 Å². The van der Waals surface area contributed by atoms with Gasteiger partial charge >= 0.3 is 0 Å². The van der Waals surface area contributed by atoms with E-state index in [9.17, 15) is 4.79 Å². The van der Waals surface area contributed by atoms with Gasteiger partial charge in [0, 0.05) is 49.8 Å². The van der Waals surface area contributed by atoms with Crippen molar-refractivity contribution in [2.45, 2.75) is 39.7 Å². The SMILES string of the molecule is Cc1cccc(C)c1NC(=O)C(C)Nc1cccc(N2CCN(CC3CC3)CC2)c1. The number of anilines is 3. The number of rotatable bonds is 7. The zero-order chi connectivity index (χ0) is 21.1. The number of amides is 1. The molecule has 30 heavy (non-hydrogen) atoms. The average Bonchev–Trinajstić information content (AvgIpc) is 3.55. The molecule has 1 saturated carbocycles. The lowest BCUT2D eigenvalue weighted by atomic mass is 10.1. The summed E-state index contributed by atoms with van der Waals surface area (Å²) in [6.07, 6.45) is 2.84. The molecule has 1 atom stereocenters. The molecule has 2 aliphatic rings. The molecule has 160 valence electrons. The van der Waals surface area contributed by atoms with E-state index < -0.39 is 0 Å². The Labute approximate surface area is 180 Å². The number of carbonyl (C=O) groups is 1. The highest BCUT2D eigenvalue weighted by Gasteiger charge is 2.26. The van der Waals surface area contributed by atoms with Crippen LogP contribution in [0.25, 0.3) is 0 Å². The van der Waals surface area contributed by atoms with E-state index in [4.69, 9.17) is 0 Å². The first-order chi connectivity index (χ1) is 14.5. The lowest BCUT2D eigenvalue weighted by Gasteiger charge is -2.36. The molecule has 1 heterocycles. The van der Waals surface area contributed by atoms with Crippen molar-refractivity contribution in [1.29, 1.82) is 0 Å². The number of hydrogen-bond donors (Lipinski definition) is 2. The van der Waals surface area contributed by atoms with Gasteiger partial charge in [0.2, 0.25) is 5.91 Å². The van der Waals surface area contributed by atoms with E-state index in [1.807, 2.05) is 45.0 Å². The summed E-state index contributed by atoms with van der Waals surface area (Å²) in [5, 5.41) is 6.46. The van der Waals surface area contributed by atoms with Crippen LogP contribution in [-0.2, 0) is 4.79 Å². The second-order valence-corrected chi connectivity index (χ2v) is 8.90. The average molecular weight is 407 g/mol. The Balaban J connectivity index is 1.34. The first-order valence-corrected chi connectivity index (χ1v) is 11.2. The Kier molecular flexibility index (Phi) is 6.28. The lowest BCUT2D eigenvalue weighted by molar-refractivity contribution is -0.116. The Morgan fingerprint density at radius 1 is 1.03 bits per heavy atom. The molecule has 1 saturated heterocycles.